The maximum Gasteiger partial charge on any atom is 0.326 e. The highest BCUT2D eigenvalue weighted by Crippen LogP contribution is 2.22. The highest BCUT2D eigenvalue weighted by Gasteiger charge is 2.40. The van der Waals surface area contributed by atoms with Crippen molar-refractivity contribution >= 4 is 123 Å². The molecule has 47 heteroatoms. The summed E-state index contributed by atoms with van der Waals surface area (Å²) in [5, 5.41) is 86.5. The molecule has 750 valence electrons. The Bertz CT molecular complexity index is 5110. The Morgan fingerprint density at radius 2 is 0.819 bits per heavy atom. The van der Waals surface area contributed by atoms with E-state index in [-0.39, 0.29) is 89.6 Å². The number of nitrogens with zero attached hydrogens (tertiary/aromatic N) is 1. The van der Waals surface area contributed by atoms with E-state index in [0.29, 0.717) is 58.1 Å². The molecule has 34 N–H and O–H groups in total. The molecule has 2 aromatic heterocycles. The van der Waals surface area contributed by atoms with Gasteiger partial charge in [-0.25, -0.2) is 9.78 Å². The van der Waals surface area contributed by atoms with Crippen LogP contribution in [0.25, 0.3) is 10.9 Å². The first-order valence-electron chi connectivity index (χ1n) is 45.1. The van der Waals surface area contributed by atoms with Crippen molar-refractivity contribution in [2.24, 2.45) is 46.2 Å². The number of hydrogen-bond acceptors (Lipinski definition) is 25. The monoisotopic (exact) mass is 1920 g/mol. The number of unbranched alkanes of at least 4 members (excludes halogenated alkanes) is 2. The summed E-state index contributed by atoms with van der Waals surface area (Å²) >= 11 is 0. The molecule has 0 radical (unpaired) electrons. The predicted molar refractivity (Wildman–Crippen MR) is 501 cm³/mol. The Labute approximate surface area is 795 Å². The van der Waals surface area contributed by atoms with E-state index in [0.717, 1.165) is 0 Å². The fourth-order valence-electron chi connectivity index (χ4n) is 14.5. The summed E-state index contributed by atoms with van der Waals surface area (Å²) in [7, 11) is 0. The quantitative estimate of drug-likeness (QED) is 0.00964. The zero-order valence-corrected chi connectivity index (χ0v) is 77.2. The first kappa shape index (κ1) is 112. The Balaban J connectivity index is 1.25. The number of carboxylic acid groups (broad SMARTS) is 2. The van der Waals surface area contributed by atoms with Gasteiger partial charge in [0.1, 0.15) is 84.3 Å². The number of nitrogens with one attached hydrogen (secondary N) is 18. The van der Waals surface area contributed by atoms with Crippen LogP contribution in [0.15, 0.2) is 128 Å². The van der Waals surface area contributed by atoms with Gasteiger partial charge in [-0.2, -0.15) is 0 Å². The van der Waals surface area contributed by atoms with Gasteiger partial charge in [-0.15, -0.1) is 0 Å². The molecule has 138 heavy (non-hydrogen) atoms. The number of aromatic amines is 2. The van der Waals surface area contributed by atoms with Gasteiger partial charge in [0.2, 0.25) is 94.5 Å². The van der Waals surface area contributed by atoms with E-state index in [2.05, 4.69) is 94.7 Å². The van der Waals surface area contributed by atoms with Crippen LogP contribution in [0, 0.1) is 17.2 Å². The van der Waals surface area contributed by atoms with Crippen molar-refractivity contribution in [1.82, 2.24) is 94.7 Å². The van der Waals surface area contributed by atoms with Crippen LogP contribution in [-0.4, -0.2) is 265 Å². The molecule has 14 atom stereocenters. The summed E-state index contributed by atoms with van der Waals surface area (Å²) < 4.78 is 0. The average Bonchev–Trinajstić information content (AvgIpc) is 1.66. The number of guanidine groups is 1. The molecule has 0 aliphatic heterocycles. The van der Waals surface area contributed by atoms with Gasteiger partial charge in [-0.3, -0.25) is 86.9 Å². The van der Waals surface area contributed by atoms with Crippen LogP contribution in [0.2, 0.25) is 0 Å². The van der Waals surface area contributed by atoms with Crippen molar-refractivity contribution in [3.63, 3.8) is 0 Å². The average molecular weight is 1930 g/mol. The lowest BCUT2D eigenvalue weighted by atomic mass is 9.99. The van der Waals surface area contributed by atoms with Crippen molar-refractivity contribution in [3.8, 4) is 5.75 Å². The zero-order valence-electron chi connectivity index (χ0n) is 77.2. The molecule has 6 rings (SSSR count). The Kier molecular flexibility index (Phi) is 46.7. The number of amides is 16. The molecule has 16 amide bonds. The Hall–Kier alpha value is -15.0. The molecule has 4 aromatic carbocycles. The number of carbonyl (C=O) groups is 18. The number of nitrogens with two attached hydrogens (primary N) is 6. The number of phenols is 1. The molecule has 0 aliphatic rings. The number of aliphatic hydroxyl groups excluding tert-OH is 1. The van der Waals surface area contributed by atoms with Crippen LogP contribution in [0.4, 0.5) is 0 Å². The third kappa shape index (κ3) is 38.8. The van der Waals surface area contributed by atoms with E-state index >= 15 is 9.59 Å². The van der Waals surface area contributed by atoms with Crippen molar-refractivity contribution in [2.75, 3.05) is 32.8 Å². The normalized spacial score (nSPS) is 14.2. The molecule has 0 aliphatic carbocycles. The van der Waals surface area contributed by atoms with E-state index < -0.39 is 254 Å². The van der Waals surface area contributed by atoms with Gasteiger partial charge >= 0.3 is 11.9 Å². The van der Waals surface area contributed by atoms with Gasteiger partial charge in [-0.05, 0) is 130 Å². The number of para-hydroxylation sites is 1. The molecular formula is C91H129N25O22. The number of carboxylic acids is 2. The summed E-state index contributed by atoms with van der Waals surface area (Å²) in [4.78, 5) is 261. The van der Waals surface area contributed by atoms with E-state index in [1.165, 1.54) is 50.6 Å². The summed E-state index contributed by atoms with van der Waals surface area (Å²) in [6.07, 6.45) is 1.06. The predicted octanol–water partition coefficient (Wildman–Crippen LogP) is -5.23. The number of aromatic hydroxyl groups is 1. The summed E-state index contributed by atoms with van der Waals surface area (Å²) in [5.74, 6) is -21.5. The fraction of sp³-hybridized carbons (Fsp3) is 0.473. The minimum absolute atomic E-state index is 0.00954. The number of fused-ring (bicyclic) bond motifs is 1. The van der Waals surface area contributed by atoms with Gasteiger partial charge in [0, 0.05) is 80.5 Å². The van der Waals surface area contributed by atoms with Gasteiger partial charge in [-0.1, -0.05) is 119 Å². The first-order chi connectivity index (χ1) is 65.7. The highest BCUT2D eigenvalue weighted by molar-refractivity contribution is 6.02. The summed E-state index contributed by atoms with van der Waals surface area (Å²) in [6.45, 7) is 4.55. The van der Waals surface area contributed by atoms with Crippen LogP contribution >= 0.6 is 0 Å². The third-order valence-corrected chi connectivity index (χ3v) is 22.0. The van der Waals surface area contributed by atoms with Gasteiger partial charge in [0.15, 0.2) is 5.96 Å². The largest absolute Gasteiger partial charge is 0.508 e. The van der Waals surface area contributed by atoms with Crippen LogP contribution in [-0.2, 0) is 118 Å². The van der Waals surface area contributed by atoms with Crippen molar-refractivity contribution in [1.29, 1.82) is 5.41 Å². The maximum absolute atomic E-state index is 15.3. The molecule has 6 aromatic rings. The molecule has 0 unspecified atom stereocenters. The lowest BCUT2D eigenvalue weighted by Crippen LogP contribution is -2.62. The Morgan fingerprint density at radius 1 is 0.406 bits per heavy atom. The van der Waals surface area contributed by atoms with Crippen LogP contribution < -0.4 is 114 Å². The molecule has 0 bridgehead atoms. The second-order valence-corrected chi connectivity index (χ2v) is 33.8. The van der Waals surface area contributed by atoms with Gasteiger partial charge < -0.3 is 145 Å². The first-order valence-corrected chi connectivity index (χ1v) is 45.1. The number of benzene rings is 4. The number of aromatic nitrogens is 3. The minimum atomic E-state index is -1.89. The van der Waals surface area contributed by atoms with E-state index in [9.17, 15) is 97.1 Å². The number of aliphatic carboxylic acids is 2. The van der Waals surface area contributed by atoms with Gasteiger partial charge in [0.05, 0.1) is 31.9 Å². The van der Waals surface area contributed by atoms with Crippen molar-refractivity contribution < 1.29 is 107 Å². The second kappa shape index (κ2) is 57.7. The number of H-pyrrole nitrogens is 2. The van der Waals surface area contributed by atoms with E-state index in [4.69, 9.17) is 39.8 Å². The second-order valence-electron chi connectivity index (χ2n) is 33.8. The fourth-order valence-corrected chi connectivity index (χ4v) is 14.5. The SMILES string of the molecule is CC(C)[C@H](NC(=O)[C@H](Cc1ccccc1)NC(=O)[C@H](Cc1c[nH]c2ccccc12)NC(=O)CNC(=O)[C@H](Cc1ccc(O)cc1)NC(=O)[C@H](Cc1ccccc1)NC(=O)[C@H](CC(N)=O)NC(=O)[C@H](CCC(=O)O)NC(=O)[C@@H](N)Cc1cnc[nH]1)C(=O)N[C@@H](CCCNC(=N)N)C(=O)N[C@@H](CCC(N)=O)C(=O)N[C@H](C(=O)N[C@@H](CO)C(=O)N[C@@H](CCCCN)C(=O)N[C@@H](CCCCN)C(=O)O)C(C)C. The maximum atomic E-state index is 15.3. The number of rotatable bonds is 62. The van der Waals surface area contributed by atoms with Crippen LogP contribution in [0.5, 0.6) is 5.75 Å². The molecule has 0 fully saturated rings. The zero-order chi connectivity index (χ0) is 102. The molecule has 0 saturated carbocycles. The highest BCUT2D eigenvalue weighted by atomic mass is 16.4. The van der Waals surface area contributed by atoms with E-state index in [1.807, 2.05) is 0 Å². The number of phenolic OH excluding ortho intramolecular Hbond substituents is 1. The van der Waals surface area contributed by atoms with Crippen molar-refractivity contribution in [2.45, 2.75) is 228 Å². The molecule has 0 spiro atoms. The van der Waals surface area contributed by atoms with Crippen molar-refractivity contribution in [3.05, 3.63) is 156 Å². The standard InChI is InChI=1S/C91H129N25O22/c1-49(2)75(88(135)108-61(26-17-37-100-91(97)98)79(126)107-62(31-33-71(95)119)82(129)115-76(50(3)4)89(136)114-70(47-117)87(134)106-60(24-13-15-35-92)80(127)109-64(90(137)138)25-14-16-36-93)116-86(133)67(39-52-20-9-6-10-21-52)112-84(131)68(41-54-44-101-59-23-12-11-22-57(54)59)104-73(121)46-102-78(125)65(40-53-27-29-56(118)30-28-53)110-83(130)66(38-51-18-7-5-8-19-51)111-85(132)69(43-72(96)120)113-81(128)63(32-34-74(122)123)105-77(124)58(94)42-55-45-99-48-103-55/h5-12,18-23,27-30,44-45,48-50,58,60-70,75-76,101,117-118H,13-17,24-26,31-43,46-47,92-94H2,1-4H3,(H2,95,119)(H2,96,120)(H,99,103)(H,102,125)(H,104,121)(H,105,124)(H,106,134)(H,107,126)(H,108,135)(H,109,127)(H,110,130)(H,111,132)(H,112,131)(H,113,128)(H,114,136)(H,115,129)(H,116,133)(H,122,123)(H,137,138)(H4,97,98,100)/t58-,60-,61-,62-,63-,64-,65-,66-,67-,68-,69-,70-,75-,76-/m0/s1. The summed E-state index contributed by atoms with van der Waals surface area (Å²) in [6, 6.07) is 6.42. The number of hydrogen-bond donors (Lipinski definition) is 28. The number of carbonyl (C=O) groups excluding carboxylic acids is 16. The number of imidazole rings is 1. The topological polar surface area (TPSA) is 793 Å². The van der Waals surface area contributed by atoms with E-state index in [1.54, 1.807) is 105 Å². The minimum Gasteiger partial charge on any atom is -0.508 e. The third-order valence-electron chi connectivity index (χ3n) is 22.0. The van der Waals surface area contributed by atoms with Crippen LogP contribution in [0.3, 0.4) is 0 Å². The van der Waals surface area contributed by atoms with Crippen LogP contribution in [0.1, 0.15) is 139 Å². The molecule has 2 heterocycles. The smallest absolute Gasteiger partial charge is 0.326 e. The number of primary amides is 2. The molecular weight excluding hydrogens is 1800 g/mol. The lowest BCUT2D eigenvalue weighted by molar-refractivity contribution is -0.142. The lowest BCUT2D eigenvalue weighted by Gasteiger charge is -2.29. The molecule has 0 saturated heterocycles. The van der Waals surface area contributed by atoms with Gasteiger partial charge in [0.25, 0.3) is 0 Å². The Morgan fingerprint density at radius 3 is 1.30 bits per heavy atom. The summed E-state index contributed by atoms with van der Waals surface area (Å²) in [5.41, 5.74) is 36.9. The molecule has 47 nitrogen and oxygen atoms in total. The number of aliphatic hydroxyl groups is 1.